The number of rotatable bonds is 3. The monoisotopic (exact) mass is 383 g/mol. The Labute approximate surface area is 160 Å². The standard InChI is InChI=1S/C20H18ClN3O3/c21-15-5-6-17-16(11-15)23-19(27-17)13-7-9-24(10-8-13)20(26)14-3-1-12(2-4-14)18(22)25/h1-6,11,13H,7-10H2,(H2,22,25). The summed E-state index contributed by atoms with van der Waals surface area (Å²) in [6, 6.07) is 11.8. The predicted molar refractivity (Wildman–Crippen MR) is 102 cm³/mol. The summed E-state index contributed by atoms with van der Waals surface area (Å²) in [6.45, 7) is 1.25. The lowest BCUT2D eigenvalue weighted by molar-refractivity contribution is 0.0706. The fraction of sp³-hybridized carbons (Fsp3) is 0.250. The maximum atomic E-state index is 12.7. The second-order valence-corrected chi connectivity index (χ2v) is 7.11. The first-order valence-electron chi connectivity index (χ1n) is 8.76. The minimum Gasteiger partial charge on any atom is -0.440 e. The molecule has 0 atom stereocenters. The number of fused-ring (bicyclic) bond motifs is 1. The molecule has 7 heteroatoms. The van der Waals surface area contributed by atoms with Crippen molar-refractivity contribution in [3.63, 3.8) is 0 Å². The summed E-state index contributed by atoms with van der Waals surface area (Å²) in [7, 11) is 0. The molecule has 1 saturated heterocycles. The lowest BCUT2D eigenvalue weighted by Gasteiger charge is -2.30. The average Bonchev–Trinajstić information content (AvgIpc) is 3.11. The van der Waals surface area contributed by atoms with E-state index < -0.39 is 5.91 Å². The zero-order valence-corrected chi connectivity index (χ0v) is 15.3. The number of nitrogens with two attached hydrogens (primary N) is 1. The minimum atomic E-state index is -0.505. The zero-order chi connectivity index (χ0) is 19.0. The van der Waals surface area contributed by atoms with Crippen molar-refractivity contribution < 1.29 is 14.0 Å². The predicted octanol–water partition coefficient (Wildman–Crippen LogP) is 3.60. The van der Waals surface area contributed by atoms with Gasteiger partial charge in [0.15, 0.2) is 11.5 Å². The number of carbonyl (C=O) groups is 2. The van der Waals surface area contributed by atoms with E-state index in [0.29, 0.717) is 35.1 Å². The number of primary amides is 1. The summed E-state index contributed by atoms with van der Waals surface area (Å²) in [5.41, 5.74) is 7.65. The average molecular weight is 384 g/mol. The number of piperidine rings is 1. The number of benzene rings is 2. The normalized spacial score (nSPS) is 15.2. The number of hydrogen-bond donors (Lipinski definition) is 1. The molecule has 138 valence electrons. The summed E-state index contributed by atoms with van der Waals surface area (Å²) in [4.78, 5) is 30.2. The molecule has 1 aromatic heterocycles. The van der Waals surface area contributed by atoms with Crippen LogP contribution in [0.5, 0.6) is 0 Å². The third-order valence-electron chi connectivity index (χ3n) is 4.91. The zero-order valence-electron chi connectivity index (χ0n) is 14.5. The number of carbonyl (C=O) groups excluding carboxylic acids is 2. The van der Waals surface area contributed by atoms with E-state index in [1.807, 2.05) is 11.0 Å². The smallest absolute Gasteiger partial charge is 0.253 e. The number of likely N-dealkylation sites (tertiary alicyclic amines) is 1. The maximum absolute atomic E-state index is 12.7. The first kappa shape index (κ1) is 17.5. The lowest BCUT2D eigenvalue weighted by Crippen LogP contribution is -2.38. The van der Waals surface area contributed by atoms with Crippen LogP contribution in [0.2, 0.25) is 5.02 Å². The van der Waals surface area contributed by atoms with Gasteiger partial charge in [0.2, 0.25) is 5.91 Å². The van der Waals surface area contributed by atoms with E-state index in [2.05, 4.69) is 4.98 Å². The third kappa shape index (κ3) is 3.53. The van der Waals surface area contributed by atoms with E-state index in [9.17, 15) is 9.59 Å². The Balaban J connectivity index is 1.43. The first-order chi connectivity index (χ1) is 13.0. The molecular formula is C20H18ClN3O3. The molecule has 1 aliphatic rings. The lowest BCUT2D eigenvalue weighted by atomic mass is 9.96. The number of halogens is 1. The summed E-state index contributed by atoms with van der Waals surface area (Å²) in [6.07, 6.45) is 1.57. The largest absolute Gasteiger partial charge is 0.440 e. The molecule has 2 amide bonds. The molecule has 0 radical (unpaired) electrons. The molecule has 2 heterocycles. The van der Waals surface area contributed by atoms with Gasteiger partial charge in [0, 0.05) is 35.2 Å². The molecule has 6 nitrogen and oxygen atoms in total. The van der Waals surface area contributed by atoms with Crippen molar-refractivity contribution in [2.75, 3.05) is 13.1 Å². The molecule has 1 fully saturated rings. The maximum Gasteiger partial charge on any atom is 0.253 e. The van der Waals surface area contributed by atoms with Crippen molar-refractivity contribution in [1.82, 2.24) is 9.88 Å². The van der Waals surface area contributed by atoms with Crippen molar-refractivity contribution in [2.45, 2.75) is 18.8 Å². The highest BCUT2D eigenvalue weighted by Gasteiger charge is 2.27. The van der Waals surface area contributed by atoms with E-state index in [1.54, 1.807) is 36.4 Å². The molecule has 0 aliphatic carbocycles. The van der Waals surface area contributed by atoms with Crippen LogP contribution in [-0.2, 0) is 0 Å². The van der Waals surface area contributed by atoms with E-state index in [1.165, 1.54) is 0 Å². The molecule has 0 spiro atoms. The van der Waals surface area contributed by atoms with Gasteiger partial charge < -0.3 is 15.1 Å². The molecule has 2 aromatic carbocycles. The summed E-state index contributed by atoms with van der Waals surface area (Å²) >= 11 is 6.00. The van der Waals surface area contributed by atoms with Gasteiger partial charge in [0.1, 0.15) is 5.52 Å². The Morgan fingerprint density at radius 3 is 2.41 bits per heavy atom. The van der Waals surface area contributed by atoms with E-state index >= 15 is 0 Å². The van der Waals surface area contributed by atoms with Crippen LogP contribution in [0.1, 0.15) is 45.4 Å². The molecule has 0 saturated carbocycles. The van der Waals surface area contributed by atoms with E-state index in [0.717, 1.165) is 23.9 Å². The molecule has 0 bridgehead atoms. The minimum absolute atomic E-state index is 0.0474. The van der Waals surface area contributed by atoms with Gasteiger partial charge in [0.25, 0.3) is 5.91 Å². The summed E-state index contributed by atoms with van der Waals surface area (Å²) in [5.74, 6) is 0.325. The number of amides is 2. The van der Waals surface area contributed by atoms with Gasteiger partial charge in [-0.1, -0.05) is 11.6 Å². The van der Waals surface area contributed by atoms with Gasteiger partial charge in [-0.15, -0.1) is 0 Å². The van der Waals surface area contributed by atoms with Crippen molar-refractivity contribution in [3.8, 4) is 0 Å². The van der Waals surface area contributed by atoms with Gasteiger partial charge in [-0.25, -0.2) is 4.98 Å². The Morgan fingerprint density at radius 1 is 1.07 bits per heavy atom. The highest BCUT2D eigenvalue weighted by atomic mass is 35.5. The van der Waals surface area contributed by atoms with E-state index in [-0.39, 0.29) is 11.8 Å². The van der Waals surface area contributed by atoms with Crippen LogP contribution in [-0.4, -0.2) is 34.8 Å². The van der Waals surface area contributed by atoms with Crippen molar-refractivity contribution in [1.29, 1.82) is 0 Å². The van der Waals surface area contributed by atoms with Crippen LogP contribution < -0.4 is 5.73 Å². The van der Waals surface area contributed by atoms with Gasteiger partial charge in [-0.2, -0.15) is 0 Å². The van der Waals surface area contributed by atoms with Crippen molar-refractivity contribution >= 4 is 34.5 Å². The highest BCUT2D eigenvalue weighted by Crippen LogP contribution is 2.31. The summed E-state index contributed by atoms with van der Waals surface area (Å²) in [5, 5.41) is 0.630. The quantitative estimate of drug-likeness (QED) is 0.748. The number of nitrogens with zero attached hydrogens (tertiary/aromatic N) is 2. The second-order valence-electron chi connectivity index (χ2n) is 6.67. The number of oxazole rings is 1. The first-order valence-corrected chi connectivity index (χ1v) is 9.14. The Morgan fingerprint density at radius 2 is 1.74 bits per heavy atom. The van der Waals surface area contributed by atoms with Crippen LogP contribution in [0.4, 0.5) is 0 Å². The van der Waals surface area contributed by atoms with Crippen LogP contribution in [0.3, 0.4) is 0 Å². The molecule has 0 unspecified atom stereocenters. The Hall–Kier alpha value is -2.86. The Bertz CT molecular complexity index is 1000. The fourth-order valence-electron chi connectivity index (χ4n) is 3.38. The molecular weight excluding hydrogens is 366 g/mol. The van der Waals surface area contributed by atoms with Gasteiger partial charge in [0.05, 0.1) is 0 Å². The highest BCUT2D eigenvalue weighted by molar-refractivity contribution is 6.31. The molecule has 4 rings (SSSR count). The van der Waals surface area contributed by atoms with Crippen LogP contribution in [0, 0.1) is 0 Å². The fourth-order valence-corrected chi connectivity index (χ4v) is 3.55. The van der Waals surface area contributed by atoms with Gasteiger partial charge >= 0.3 is 0 Å². The number of hydrogen-bond acceptors (Lipinski definition) is 4. The van der Waals surface area contributed by atoms with Crippen LogP contribution in [0.25, 0.3) is 11.1 Å². The Kier molecular flexibility index (Phi) is 4.58. The topological polar surface area (TPSA) is 89.4 Å². The molecule has 3 aromatic rings. The van der Waals surface area contributed by atoms with E-state index in [4.69, 9.17) is 21.8 Å². The molecule has 2 N–H and O–H groups in total. The van der Waals surface area contributed by atoms with Crippen molar-refractivity contribution in [2.24, 2.45) is 5.73 Å². The second kappa shape index (κ2) is 7.04. The van der Waals surface area contributed by atoms with Crippen LogP contribution in [0.15, 0.2) is 46.9 Å². The SMILES string of the molecule is NC(=O)c1ccc(C(=O)N2CCC(c3nc4cc(Cl)ccc4o3)CC2)cc1. The number of aromatic nitrogens is 1. The summed E-state index contributed by atoms with van der Waals surface area (Å²) < 4.78 is 5.86. The molecule has 27 heavy (non-hydrogen) atoms. The van der Waals surface area contributed by atoms with Gasteiger partial charge in [-0.05, 0) is 55.3 Å². The molecule has 1 aliphatic heterocycles. The van der Waals surface area contributed by atoms with Crippen molar-refractivity contribution in [3.05, 3.63) is 64.5 Å². The third-order valence-corrected chi connectivity index (χ3v) is 5.15. The van der Waals surface area contributed by atoms with Crippen LogP contribution >= 0.6 is 11.6 Å². The van der Waals surface area contributed by atoms with Gasteiger partial charge in [-0.3, -0.25) is 9.59 Å².